The molecule has 0 radical (unpaired) electrons. The predicted molar refractivity (Wildman–Crippen MR) is 89.3 cm³/mol. The minimum absolute atomic E-state index is 0.0157. The first-order valence-corrected chi connectivity index (χ1v) is 8.64. The first kappa shape index (κ1) is 16.7. The summed E-state index contributed by atoms with van der Waals surface area (Å²) in [5.74, 6) is 1.07. The molecular formula is C16H22N2O3S. The highest BCUT2D eigenvalue weighted by molar-refractivity contribution is 8.00. The maximum absolute atomic E-state index is 11.9. The number of carbonyl (C=O) groups excluding carboxylic acids is 2. The number of carbonyl (C=O) groups is 2. The Balaban J connectivity index is 1.68. The molecule has 0 bridgehead atoms. The van der Waals surface area contributed by atoms with Gasteiger partial charge in [-0.3, -0.25) is 9.59 Å². The van der Waals surface area contributed by atoms with Gasteiger partial charge in [-0.15, -0.1) is 11.8 Å². The van der Waals surface area contributed by atoms with Gasteiger partial charge in [0.2, 0.25) is 11.8 Å². The summed E-state index contributed by atoms with van der Waals surface area (Å²) < 4.78 is 5.18. The van der Waals surface area contributed by atoms with E-state index in [1.807, 2.05) is 12.1 Å². The van der Waals surface area contributed by atoms with Gasteiger partial charge in [-0.1, -0.05) is 25.0 Å². The second-order valence-electron chi connectivity index (χ2n) is 5.29. The number of anilines is 1. The van der Waals surface area contributed by atoms with Crippen molar-refractivity contribution in [3.05, 3.63) is 24.3 Å². The minimum atomic E-state index is -0.136. The summed E-state index contributed by atoms with van der Waals surface area (Å²) in [7, 11) is 1.56. The Kier molecular flexibility index (Phi) is 6.58. The Morgan fingerprint density at radius 1 is 1.18 bits per heavy atom. The maximum atomic E-state index is 11.9. The van der Waals surface area contributed by atoms with Gasteiger partial charge in [0.1, 0.15) is 5.75 Å². The summed E-state index contributed by atoms with van der Waals surface area (Å²) in [6, 6.07) is 7.58. The molecule has 0 heterocycles. The number of benzene rings is 1. The average molecular weight is 322 g/mol. The molecular weight excluding hydrogens is 300 g/mol. The quantitative estimate of drug-likeness (QED) is 0.809. The predicted octanol–water partition coefficient (Wildman–Crippen LogP) is 2.43. The first-order chi connectivity index (χ1) is 10.7. The molecule has 1 aromatic rings. The number of thioether (sulfide) groups is 1. The van der Waals surface area contributed by atoms with Crippen LogP contribution in [0.15, 0.2) is 24.3 Å². The molecule has 22 heavy (non-hydrogen) atoms. The molecule has 0 saturated heterocycles. The molecule has 2 rings (SSSR count). The monoisotopic (exact) mass is 322 g/mol. The highest BCUT2D eigenvalue weighted by Gasteiger charge is 2.17. The molecule has 2 N–H and O–H groups in total. The molecule has 0 unspecified atom stereocenters. The summed E-state index contributed by atoms with van der Waals surface area (Å²) in [5.41, 5.74) is 0.644. The van der Waals surface area contributed by atoms with Crippen LogP contribution in [-0.2, 0) is 9.59 Å². The van der Waals surface area contributed by atoms with Crippen LogP contribution in [0, 0.1) is 0 Å². The number of methoxy groups -OCH3 is 1. The molecule has 2 amide bonds. The van der Waals surface area contributed by atoms with E-state index in [4.69, 9.17) is 4.74 Å². The van der Waals surface area contributed by atoms with E-state index in [1.165, 1.54) is 24.6 Å². The molecule has 1 saturated carbocycles. The Morgan fingerprint density at radius 3 is 2.59 bits per heavy atom. The van der Waals surface area contributed by atoms with Crippen molar-refractivity contribution in [3.8, 4) is 5.75 Å². The number of hydrogen-bond donors (Lipinski definition) is 2. The van der Waals surface area contributed by atoms with Gasteiger partial charge in [-0.25, -0.2) is 0 Å². The zero-order chi connectivity index (χ0) is 15.8. The van der Waals surface area contributed by atoms with Crippen molar-refractivity contribution in [1.82, 2.24) is 5.32 Å². The van der Waals surface area contributed by atoms with Crippen molar-refractivity contribution in [3.63, 3.8) is 0 Å². The highest BCUT2D eigenvalue weighted by Crippen LogP contribution is 2.23. The summed E-state index contributed by atoms with van der Waals surface area (Å²) >= 11 is 1.32. The van der Waals surface area contributed by atoms with Crippen LogP contribution in [0.4, 0.5) is 5.69 Å². The van der Waals surface area contributed by atoms with Crippen LogP contribution in [0.25, 0.3) is 0 Å². The summed E-state index contributed by atoms with van der Waals surface area (Å²) in [6.45, 7) is 0. The zero-order valence-corrected chi connectivity index (χ0v) is 13.6. The van der Waals surface area contributed by atoms with E-state index in [9.17, 15) is 9.59 Å². The molecule has 6 heteroatoms. The molecule has 120 valence electrons. The van der Waals surface area contributed by atoms with E-state index >= 15 is 0 Å². The van der Waals surface area contributed by atoms with Gasteiger partial charge in [0.05, 0.1) is 24.3 Å². The molecule has 0 aromatic heterocycles. The average Bonchev–Trinajstić information content (AvgIpc) is 3.00. The topological polar surface area (TPSA) is 67.4 Å². The van der Waals surface area contributed by atoms with E-state index < -0.39 is 0 Å². The van der Waals surface area contributed by atoms with E-state index in [0.29, 0.717) is 23.2 Å². The van der Waals surface area contributed by atoms with Gasteiger partial charge in [0.15, 0.2) is 0 Å². The highest BCUT2D eigenvalue weighted by atomic mass is 32.2. The number of ether oxygens (including phenoxy) is 1. The third-order valence-corrected chi connectivity index (χ3v) is 4.50. The van der Waals surface area contributed by atoms with Gasteiger partial charge in [-0.2, -0.15) is 0 Å². The van der Waals surface area contributed by atoms with Crippen LogP contribution in [0.5, 0.6) is 5.75 Å². The molecule has 0 aliphatic heterocycles. The Hall–Kier alpha value is -1.69. The molecule has 0 spiro atoms. The molecule has 1 aliphatic carbocycles. The lowest BCUT2D eigenvalue weighted by molar-refractivity contribution is -0.119. The summed E-state index contributed by atoms with van der Waals surface area (Å²) in [6.07, 6.45) is 4.54. The van der Waals surface area contributed by atoms with Crippen molar-refractivity contribution in [2.75, 3.05) is 23.9 Å². The van der Waals surface area contributed by atoms with Gasteiger partial charge < -0.3 is 15.4 Å². The third-order valence-electron chi connectivity index (χ3n) is 3.57. The van der Waals surface area contributed by atoms with Crippen LogP contribution in [0.2, 0.25) is 0 Å². The molecule has 1 aliphatic rings. The summed E-state index contributed by atoms with van der Waals surface area (Å²) in [4.78, 5) is 23.6. The van der Waals surface area contributed by atoms with Gasteiger partial charge >= 0.3 is 0 Å². The second kappa shape index (κ2) is 8.68. The Bertz CT molecular complexity index is 516. The normalized spacial score (nSPS) is 14.6. The Morgan fingerprint density at radius 2 is 1.86 bits per heavy atom. The third kappa shape index (κ3) is 5.26. The van der Waals surface area contributed by atoms with E-state index in [1.54, 1.807) is 19.2 Å². The van der Waals surface area contributed by atoms with Crippen molar-refractivity contribution in [1.29, 1.82) is 0 Å². The van der Waals surface area contributed by atoms with Crippen LogP contribution in [0.1, 0.15) is 25.7 Å². The van der Waals surface area contributed by atoms with Gasteiger partial charge in [0.25, 0.3) is 0 Å². The largest absolute Gasteiger partial charge is 0.495 e. The fourth-order valence-electron chi connectivity index (χ4n) is 2.51. The van der Waals surface area contributed by atoms with Crippen LogP contribution < -0.4 is 15.4 Å². The molecule has 0 atom stereocenters. The van der Waals surface area contributed by atoms with E-state index in [0.717, 1.165) is 12.8 Å². The van der Waals surface area contributed by atoms with E-state index in [-0.39, 0.29) is 17.6 Å². The first-order valence-electron chi connectivity index (χ1n) is 7.49. The standard InChI is InChI=1S/C16H22N2O3S/c1-21-14-9-5-4-8-13(14)18-16(20)11-22-10-15(19)17-12-6-2-3-7-12/h4-5,8-9,12H,2-3,6-7,10-11H2,1H3,(H,17,19)(H,18,20). The number of nitrogens with one attached hydrogen (secondary N) is 2. The number of para-hydroxylation sites is 2. The van der Waals surface area contributed by atoms with Crippen molar-refractivity contribution in [2.24, 2.45) is 0 Å². The van der Waals surface area contributed by atoms with Gasteiger partial charge in [-0.05, 0) is 25.0 Å². The second-order valence-corrected chi connectivity index (χ2v) is 6.28. The summed E-state index contributed by atoms with van der Waals surface area (Å²) in [5, 5.41) is 5.80. The maximum Gasteiger partial charge on any atom is 0.234 e. The fraction of sp³-hybridized carbons (Fsp3) is 0.500. The lowest BCUT2D eigenvalue weighted by atomic mass is 10.2. The minimum Gasteiger partial charge on any atom is -0.495 e. The molecule has 5 nitrogen and oxygen atoms in total. The van der Waals surface area contributed by atoms with Crippen molar-refractivity contribution in [2.45, 2.75) is 31.7 Å². The van der Waals surface area contributed by atoms with Crippen LogP contribution >= 0.6 is 11.8 Å². The number of hydrogen-bond acceptors (Lipinski definition) is 4. The van der Waals surface area contributed by atoms with Gasteiger partial charge in [0, 0.05) is 6.04 Å². The zero-order valence-electron chi connectivity index (χ0n) is 12.8. The van der Waals surface area contributed by atoms with Crippen molar-refractivity contribution < 1.29 is 14.3 Å². The lowest BCUT2D eigenvalue weighted by Gasteiger charge is -2.12. The molecule has 1 aromatic carbocycles. The van der Waals surface area contributed by atoms with Crippen LogP contribution in [-0.4, -0.2) is 36.5 Å². The van der Waals surface area contributed by atoms with E-state index in [2.05, 4.69) is 10.6 Å². The number of amides is 2. The molecule has 1 fully saturated rings. The van der Waals surface area contributed by atoms with Crippen LogP contribution in [0.3, 0.4) is 0 Å². The SMILES string of the molecule is COc1ccccc1NC(=O)CSCC(=O)NC1CCCC1. The number of rotatable bonds is 7. The fourth-order valence-corrected chi connectivity index (χ4v) is 3.14. The lowest BCUT2D eigenvalue weighted by Crippen LogP contribution is -2.34. The van der Waals surface area contributed by atoms with Crippen molar-refractivity contribution >= 4 is 29.3 Å². The smallest absolute Gasteiger partial charge is 0.234 e. The Labute approximate surface area is 135 Å².